The van der Waals surface area contributed by atoms with Crippen LogP contribution in [0.3, 0.4) is 0 Å². The summed E-state index contributed by atoms with van der Waals surface area (Å²) in [5.41, 5.74) is -0.793. The van der Waals surface area contributed by atoms with Crippen molar-refractivity contribution in [2.24, 2.45) is 0 Å². The molecular weight excluding hydrogens is 281 g/mol. The van der Waals surface area contributed by atoms with E-state index in [2.05, 4.69) is 10.3 Å². The maximum Gasteiger partial charge on any atom is 0.261 e. The lowest BCUT2D eigenvalue weighted by Gasteiger charge is -2.08. The van der Waals surface area contributed by atoms with Crippen LogP contribution in [0.15, 0.2) is 30.6 Å². The van der Waals surface area contributed by atoms with Gasteiger partial charge in [0.2, 0.25) is 0 Å². The molecule has 0 unspecified atom stereocenters. The number of carbonyl (C=O) groups is 1. The van der Waals surface area contributed by atoms with Crippen molar-refractivity contribution in [1.82, 2.24) is 4.98 Å². The fourth-order valence-electron chi connectivity index (χ4n) is 1.41. The number of nitrogens with zero attached hydrogens (tertiary/aromatic N) is 1. The van der Waals surface area contributed by atoms with Crippen molar-refractivity contribution in [1.29, 1.82) is 0 Å². The molecule has 0 saturated heterocycles. The Bertz CT molecular complexity index is 626. The largest absolute Gasteiger partial charge is 0.319 e. The van der Waals surface area contributed by atoms with Crippen LogP contribution in [0.4, 0.5) is 18.9 Å². The highest BCUT2D eigenvalue weighted by Gasteiger charge is 2.19. The molecule has 2 rings (SSSR count). The molecule has 2 aromatic rings. The first kappa shape index (κ1) is 13.4. The van der Waals surface area contributed by atoms with Crippen LogP contribution in [-0.4, -0.2) is 10.9 Å². The number of amides is 1. The molecule has 3 nitrogen and oxygen atoms in total. The number of halogens is 4. The lowest BCUT2D eigenvalue weighted by molar-refractivity contribution is 0.101. The monoisotopic (exact) mass is 286 g/mol. The lowest BCUT2D eigenvalue weighted by Crippen LogP contribution is -2.16. The van der Waals surface area contributed by atoms with Crippen LogP contribution in [-0.2, 0) is 0 Å². The van der Waals surface area contributed by atoms with Crippen LogP contribution in [0.2, 0.25) is 5.02 Å². The Morgan fingerprint density at radius 2 is 1.84 bits per heavy atom. The minimum atomic E-state index is -1.30. The molecule has 1 aromatic heterocycles. The van der Waals surface area contributed by atoms with E-state index in [1.165, 1.54) is 18.5 Å². The quantitative estimate of drug-likeness (QED) is 0.919. The zero-order valence-electron chi connectivity index (χ0n) is 9.25. The van der Waals surface area contributed by atoms with Gasteiger partial charge in [0.05, 0.1) is 16.9 Å². The van der Waals surface area contributed by atoms with E-state index in [1.54, 1.807) is 0 Å². The SMILES string of the molecule is O=C(Nc1cnccc1Cl)c1c(F)cc(F)cc1F. The number of rotatable bonds is 2. The fourth-order valence-corrected chi connectivity index (χ4v) is 1.57. The second-order valence-electron chi connectivity index (χ2n) is 3.55. The van der Waals surface area contributed by atoms with Crippen molar-refractivity contribution < 1.29 is 18.0 Å². The van der Waals surface area contributed by atoms with Gasteiger partial charge >= 0.3 is 0 Å². The summed E-state index contributed by atoms with van der Waals surface area (Å²) in [6, 6.07) is 2.24. The first-order chi connectivity index (χ1) is 8.99. The number of anilines is 1. The van der Waals surface area contributed by atoms with Crippen molar-refractivity contribution in [2.45, 2.75) is 0 Å². The second-order valence-corrected chi connectivity index (χ2v) is 3.96. The molecule has 0 fully saturated rings. The number of carbonyl (C=O) groups excluding carboxylic acids is 1. The average Bonchev–Trinajstić information content (AvgIpc) is 2.30. The van der Waals surface area contributed by atoms with E-state index in [9.17, 15) is 18.0 Å². The molecule has 0 radical (unpaired) electrons. The topological polar surface area (TPSA) is 42.0 Å². The van der Waals surface area contributed by atoms with Gasteiger partial charge in [-0.1, -0.05) is 11.6 Å². The molecule has 0 aliphatic heterocycles. The van der Waals surface area contributed by atoms with Crippen LogP contribution in [0.5, 0.6) is 0 Å². The summed E-state index contributed by atoms with van der Waals surface area (Å²) in [4.78, 5) is 15.4. The van der Waals surface area contributed by atoms with Crippen molar-refractivity contribution >= 4 is 23.2 Å². The Kier molecular flexibility index (Phi) is 3.71. The third-order valence-electron chi connectivity index (χ3n) is 2.25. The summed E-state index contributed by atoms with van der Waals surface area (Å²) in [5, 5.41) is 2.35. The van der Waals surface area contributed by atoms with Crippen molar-refractivity contribution in [3.05, 3.63) is 58.6 Å². The molecule has 19 heavy (non-hydrogen) atoms. The van der Waals surface area contributed by atoms with Crippen LogP contribution in [0, 0.1) is 17.5 Å². The molecule has 0 bridgehead atoms. The standard InChI is InChI=1S/C12H6ClF3N2O/c13-7-1-2-17-5-10(7)18-12(19)11-8(15)3-6(14)4-9(11)16/h1-5H,(H,18,19). The van der Waals surface area contributed by atoms with Crippen molar-refractivity contribution in [3.8, 4) is 0 Å². The molecule has 1 aromatic carbocycles. The van der Waals surface area contributed by atoms with Crippen LogP contribution in [0.25, 0.3) is 0 Å². The Balaban J connectivity index is 2.34. The van der Waals surface area contributed by atoms with Gasteiger partial charge in [0.15, 0.2) is 0 Å². The average molecular weight is 287 g/mol. The first-order valence-corrected chi connectivity index (χ1v) is 5.42. The zero-order chi connectivity index (χ0) is 14.0. The predicted octanol–water partition coefficient (Wildman–Crippen LogP) is 3.40. The van der Waals surface area contributed by atoms with Gasteiger partial charge in [-0.15, -0.1) is 0 Å². The summed E-state index contributed by atoms with van der Waals surface area (Å²) in [5.74, 6) is -4.78. The molecule has 7 heteroatoms. The number of hydrogen-bond acceptors (Lipinski definition) is 2. The van der Waals surface area contributed by atoms with E-state index >= 15 is 0 Å². The van der Waals surface area contributed by atoms with Gasteiger partial charge in [0.1, 0.15) is 23.0 Å². The number of nitrogens with one attached hydrogen (secondary N) is 1. The highest BCUT2D eigenvalue weighted by Crippen LogP contribution is 2.21. The molecule has 1 N–H and O–H groups in total. The lowest BCUT2D eigenvalue weighted by atomic mass is 10.1. The van der Waals surface area contributed by atoms with Crippen LogP contribution >= 0.6 is 11.6 Å². The molecule has 98 valence electrons. The normalized spacial score (nSPS) is 10.3. The third kappa shape index (κ3) is 2.85. The number of pyridine rings is 1. The van der Waals surface area contributed by atoms with Gasteiger partial charge in [0.25, 0.3) is 5.91 Å². The highest BCUT2D eigenvalue weighted by molar-refractivity contribution is 6.33. The van der Waals surface area contributed by atoms with Crippen LogP contribution < -0.4 is 5.32 Å². The minimum Gasteiger partial charge on any atom is -0.319 e. The zero-order valence-corrected chi connectivity index (χ0v) is 10.0. The molecule has 0 aliphatic carbocycles. The molecule has 0 saturated carbocycles. The van der Waals surface area contributed by atoms with E-state index in [4.69, 9.17) is 11.6 Å². The van der Waals surface area contributed by atoms with E-state index in [0.717, 1.165) is 0 Å². The van der Waals surface area contributed by atoms with E-state index < -0.39 is 28.9 Å². The molecule has 1 amide bonds. The van der Waals surface area contributed by atoms with Crippen molar-refractivity contribution in [2.75, 3.05) is 5.32 Å². The number of aromatic nitrogens is 1. The summed E-state index contributed by atoms with van der Waals surface area (Å²) < 4.78 is 39.5. The second kappa shape index (κ2) is 5.27. The summed E-state index contributed by atoms with van der Waals surface area (Å²) in [6.07, 6.45) is 2.61. The predicted molar refractivity (Wildman–Crippen MR) is 63.5 cm³/mol. The Hall–Kier alpha value is -2.08. The summed E-state index contributed by atoms with van der Waals surface area (Å²) >= 11 is 5.76. The Morgan fingerprint density at radius 1 is 1.21 bits per heavy atom. The smallest absolute Gasteiger partial charge is 0.261 e. The molecular formula is C12H6ClF3N2O. The number of benzene rings is 1. The van der Waals surface area contributed by atoms with E-state index in [0.29, 0.717) is 12.1 Å². The van der Waals surface area contributed by atoms with Gasteiger partial charge in [-0.05, 0) is 6.07 Å². The van der Waals surface area contributed by atoms with Gasteiger partial charge in [-0.2, -0.15) is 0 Å². The maximum atomic E-state index is 13.4. The number of hydrogen-bond donors (Lipinski definition) is 1. The van der Waals surface area contributed by atoms with Gasteiger partial charge < -0.3 is 5.32 Å². The van der Waals surface area contributed by atoms with E-state index in [-0.39, 0.29) is 10.7 Å². The van der Waals surface area contributed by atoms with Crippen LogP contribution in [0.1, 0.15) is 10.4 Å². The Morgan fingerprint density at radius 3 is 2.42 bits per heavy atom. The Labute approximate surface area is 111 Å². The first-order valence-electron chi connectivity index (χ1n) is 5.04. The van der Waals surface area contributed by atoms with Gasteiger partial charge in [0, 0.05) is 18.3 Å². The summed E-state index contributed by atoms with van der Waals surface area (Å²) in [6.45, 7) is 0. The fraction of sp³-hybridized carbons (Fsp3) is 0. The molecule has 0 spiro atoms. The van der Waals surface area contributed by atoms with Gasteiger partial charge in [-0.25, -0.2) is 13.2 Å². The molecule has 0 atom stereocenters. The third-order valence-corrected chi connectivity index (χ3v) is 2.58. The minimum absolute atomic E-state index is 0.0947. The highest BCUT2D eigenvalue weighted by atomic mass is 35.5. The molecule has 0 aliphatic rings. The van der Waals surface area contributed by atoms with Gasteiger partial charge in [-0.3, -0.25) is 9.78 Å². The molecule has 1 heterocycles. The summed E-state index contributed by atoms with van der Waals surface area (Å²) in [7, 11) is 0. The maximum absolute atomic E-state index is 13.4. The van der Waals surface area contributed by atoms with E-state index in [1.807, 2.05) is 0 Å². The van der Waals surface area contributed by atoms with Crippen molar-refractivity contribution in [3.63, 3.8) is 0 Å².